The molecule has 1 fully saturated rings. The minimum absolute atomic E-state index is 0.108. The van der Waals surface area contributed by atoms with Gasteiger partial charge in [0.1, 0.15) is 5.82 Å². The van der Waals surface area contributed by atoms with Crippen molar-refractivity contribution in [2.75, 3.05) is 13.1 Å². The van der Waals surface area contributed by atoms with E-state index in [9.17, 15) is 8.42 Å². The number of rotatable bonds is 6. The van der Waals surface area contributed by atoms with Crippen molar-refractivity contribution in [3.8, 4) is 0 Å². The summed E-state index contributed by atoms with van der Waals surface area (Å²) in [5.41, 5.74) is 0. The van der Waals surface area contributed by atoms with Gasteiger partial charge in [-0.3, -0.25) is 0 Å². The Morgan fingerprint density at radius 1 is 1.53 bits per heavy atom. The number of H-pyrrole nitrogens is 1. The summed E-state index contributed by atoms with van der Waals surface area (Å²) in [4.78, 5) is 7.12. The van der Waals surface area contributed by atoms with E-state index < -0.39 is 10.2 Å². The van der Waals surface area contributed by atoms with Gasteiger partial charge in [0.05, 0.1) is 0 Å². The van der Waals surface area contributed by atoms with Crippen LogP contribution in [0.25, 0.3) is 0 Å². The van der Waals surface area contributed by atoms with E-state index in [1.807, 2.05) is 6.92 Å². The third-order valence-corrected chi connectivity index (χ3v) is 5.21. The normalized spacial score (nSPS) is 21.6. The van der Waals surface area contributed by atoms with Gasteiger partial charge in [-0.25, -0.2) is 9.71 Å². The molecule has 108 valence electrons. The Morgan fingerprint density at radius 2 is 2.37 bits per heavy atom. The largest absolute Gasteiger partial charge is 0.349 e. The van der Waals surface area contributed by atoms with Gasteiger partial charge in [-0.05, 0) is 26.2 Å². The van der Waals surface area contributed by atoms with Crippen LogP contribution in [0.3, 0.4) is 0 Å². The summed E-state index contributed by atoms with van der Waals surface area (Å²) in [6.07, 6.45) is 8.00. The van der Waals surface area contributed by atoms with Gasteiger partial charge >= 0.3 is 0 Å². The molecule has 2 N–H and O–H groups in total. The number of piperidine rings is 1. The fourth-order valence-corrected chi connectivity index (χ4v) is 3.92. The molecule has 7 heteroatoms. The molecule has 0 aliphatic carbocycles. The fourth-order valence-electron chi connectivity index (χ4n) is 2.40. The Morgan fingerprint density at radius 3 is 3.05 bits per heavy atom. The van der Waals surface area contributed by atoms with E-state index in [1.54, 1.807) is 16.7 Å². The number of nitrogens with one attached hydrogen (secondary N) is 2. The molecule has 2 heterocycles. The summed E-state index contributed by atoms with van der Waals surface area (Å²) in [5.74, 6) is 0.894. The van der Waals surface area contributed by atoms with E-state index in [2.05, 4.69) is 14.7 Å². The third kappa shape index (κ3) is 4.02. The first kappa shape index (κ1) is 14.5. The summed E-state index contributed by atoms with van der Waals surface area (Å²) in [5, 5.41) is 0. The highest BCUT2D eigenvalue weighted by atomic mass is 32.2. The van der Waals surface area contributed by atoms with Crippen LogP contribution in [0.1, 0.15) is 38.4 Å². The van der Waals surface area contributed by atoms with Gasteiger partial charge in [0.2, 0.25) is 0 Å². The van der Waals surface area contributed by atoms with Crippen LogP contribution in [0.2, 0.25) is 0 Å². The minimum Gasteiger partial charge on any atom is -0.349 e. The van der Waals surface area contributed by atoms with Crippen molar-refractivity contribution >= 4 is 10.2 Å². The van der Waals surface area contributed by atoms with E-state index in [0.717, 1.165) is 37.9 Å². The maximum atomic E-state index is 12.1. The Balaban J connectivity index is 1.77. The van der Waals surface area contributed by atoms with Gasteiger partial charge in [-0.15, -0.1) is 0 Å². The average Bonchev–Trinajstić information content (AvgIpc) is 2.88. The van der Waals surface area contributed by atoms with Crippen molar-refractivity contribution in [3.63, 3.8) is 0 Å². The van der Waals surface area contributed by atoms with Crippen molar-refractivity contribution in [1.29, 1.82) is 0 Å². The topological polar surface area (TPSA) is 78.1 Å². The van der Waals surface area contributed by atoms with Crippen LogP contribution < -0.4 is 4.72 Å². The molecule has 0 radical (unpaired) electrons. The first-order valence-electron chi connectivity index (χ1n) is 6.84. The zero-order valence-electron chi connectivity index (χ0n) is 11.3. The molecule has 2 rings (SSSR count). The van der Waals surface area contributed by atoms with Gasteiger partial charge in [0.15, 0.2) is 0 Å². The standard InChI is InChI=1S/C12H22N4O2S/c1-11-5-2-3-10-16(11)19(17,18)15-7-4-6-12-13-8-9-14-12/h8-9,11,15H,2-7,10H2,1H3,(H,13,14). The van der Waals surface area contributed by atoms with Crippen molar-refractivity contribution in [3.05, 3.63) is 18.2 Å². The number of hydrogen-bond acceptors (Lipinski definition) is 3. The third-order valence-electron chi connectivity index (χ3n) is 3.48. The molecule has 0 aromatic carbocycles. The second-order valence-corrected chi connectivity index (χ2v) is 6.70. The molecule has 1 aliphatic rings. The maximum Gasteiger partial charge on any atom is 0.279 e. The first-order valence-corrected chi connectivity index (χ1v) is 8.28. The lowest BCUT2D eigenvalue weighted by molar-refractivity contribution is 0.265. The Bertz CT molecular complexity index is 472. The van der Waals surface area contributed by atoms with Crippen molar-refractivity contribution in [2.24, 2.45) is 0 Å². The Hall–Kier alpha value is -0.920. The van der Waals surface area contributed by atoms with Crippen LogP contribution in [0.15, 0.2) is 12.4 Å². The highest BCUT2D eigenvalue weighted by Crippen LogP contribution is 2.18. The van der Waals surface area contributed by atoms with E-state index >= 15 is 0 Å². The number of imidazole rings is 1. The lowest BCUT2D eigenvalue weighted by Gasteiger charge is -2.32. The molecule has 19 heavy (non-hydrogen) atoms. The quantitative estimate of drug-likeness (QED) is 0.767. The van der Waals surface area contributed by atoms with Crippen molar-refractivity contribution < 1.29 is 8.42 Å². The summed E-state index contributed by atoms with van der Waals surface area (Å²) in [6, 6.07) is 0.108. The second-order valence-electron chi connectivity index (χ2n) is 4.99. The molecule has 0 amide bonds. The van der Waals surface area contributed by atoms with E-state index in [4.69, 9.17) is 0 Å². The summed E-state index contributed by atoms with van der Waals surface area (Å²) < 4.78 is 28.6. The summed E-state index contributed by atoms with van der Waals surface area (Å²) in [6.45, 7) is 3.06. The molecule has 0 spiro atoms. The van der Waals surface area contributed by atoms with E-state index in [-0.39, 0.29) is 6.04 Å². The van der Waals surface area contributed by atoms with Crippen LogP contribution >= 0.6 is 0 Å². The molecule has 1 aromatic rings. The Kier molecular flexibility index (Phi) is 4.95. The molecular weight excluding hydrogens is 264 g/mol. The fraction of sp³-hybridized carbons (Fsp3) is 0.750. The lowest BCUT2D eigenvalue weighted by atomic mass is 10.1. The number of hydrogen-bond donors (Lipinski definition) is 2. The van der Waals surface area contributed by atoms with Gasteiger partial charge in [0.25, 0.3) is 10.2 Å². The monoisotopic (exact) mass is 286 g/mol. The summed E-state index contributed by atoms with van der Waals surface area (Å²) in [7, 11) is -3.32. The van der Waals surface area contributed by atoms with Crippen LogP contribution in [0.5, 0.6) is 0 Å². The second kappa shape index (κ2) is 6.49. The van der Waals surface area contributed by atoms with Crippen molar-refractivity contribution in [2.45, 2.75) is 45.1 Å². The smallest absolute Gasteiger partial charge is 0.279 e. The summed E-state index contributed by atoms with van der Waals surface area (Å²) >= 11 is 0. The molecule has 6 nitrogen and oxygen atoms in total. The molecule has 1 aliphatic heterocycles. The molecule has 1 atom stereocenters. The maximum absolute atomic E-state index is 12.1. The van der Waals surface area contributed by atoms with Gasteiger partial charge in [0, 0.05) is 37.9 Å². The SMILES string of the molecule is CC1CCCCN1S(=O)(=O)NCCCc1ncc[nH]1. The van der Waals surface area contributed by atoms with Crippen LogP contribution in [-0.4, -0.2) is 41.8 Å². The Labute approximate surface area is 114 Å². The predicted molar refractivity (Wildman–Crippen MR) is 73.9 cm³/mol. The zero-order chi connectivity index (χ0) is 13.7. The molecule has 1 aromatic heterocycles. The molecular formula is C12H22N4O2S. The lowest BCUT2D eigenvalue weighted by Crippen LogP contribution is -2.48. The number of nitrogens with zero attached hydrogens (tertiary/aromatic N) is 2. The highest BCUT2D eigenvalue weighted by Gasteiger charge is 2.28. The molecule has 1 unspecified atom stereocenters. The molecule has 0 saturated carbocycles. The minimum atomic E-state index is -3.32. The van der Waals surface area contributed by atoms with Crippen LogP contribution in [0, 0.1) is 0 Å². The van der Waals surface area contributed by atoms with Gasteiger partial charge in [-0.1, -0.05) is 6.42 Å². The van der Waals surface area contributed by atoms with E-state index in [1.165, 1.54) is 0 Å². The van der Waals surface area contributed by atoms with Crippen LogP contribution in [0.4, 0.5) is 0 Å². The van der Waals surface area contributed by atoms with Gasteiger partial charge in [-0.2, -0.15) is 12.7 Å². The van der Waals surface area contributed by atoms with Gasteiger partial charge < -0.3 is 4.98 Å². The zero-order valence-corrected chi connectivity index (χ0v) is 12.1. The molecule has 1 saturated heterocycles. The number of aryl methyl sites for hydroxylation is 1. The molecule has 0 bridgehead atoms. The van der Waals surface area contributed by atoms with E-state index in [0.29, 0.717) is 13.1 Å². The van der Waals surface area contributed by atoms with Crippen LogP contribution in [-0.2, 0) is 16.6 Å². The number of aromatic amines is 1. The highest BCUT2D eigenvalue weighted by molar-refractivity contribution is 7.87. The predicted octanol–water partition coefficient (Wildman–Crippen LogP) is 1.05. The van der Waals surface area contributed by atoms with Crippen molar-refractivity contribution in [1.82, 2.24) is 19.0 Å². The number of aromatic nitrogens is 2. The average molecular weight is 286 g/mol. The first-order chi connectivity index (χ1) is 9.09.